The molecule has 0 unspecified atom stereocenters. The molecule has 3 N–H and O–H groups in total. The lowest BCUT2D eigenvalue weighted by Crippen LogP contribution is -2.31. The zero-order valence-electron chi connectivity index (χ0n) is 17.3. The summed E-state index contributed by atoms with van der Waals surface area (Å²) >= 11 is 0. The van der Waals surface area contributed by atoms with Crippen LogP contribution in [0.1, 0.15) is 11.1 Å². The van der Waals surface area contributed by atoms with Gasteiger partial charge in [0, 0.05) is 12.6 Å². The normalized spacial score (nSPS) is 11.9. The van der Waals surface area contributed by atoms with Crippen molar-refractivity contribution in [3.63, 3.8) is 0 Å². The van der Waals surface area contributed by atoms with Gasteiger partial charge in [-0.25, -0.2) is 14.2 Å². The number of carbonyl (C=O) groups excluding carboxylic acids is 1. The number of phenols is 1. The number of aromatic hydroxyl groups is 2. The lowest BCUT2D eigenvalue weighted by atomic mass is 10.1. The molecule has 3 rings (SSSR count). The minimum atomic E-state index is -1.02. The van der Waals surface area contributed by atoms with Crippen LogP contribution >= 0.6 is 0 Å². The summed E-state index contributed by atoms with van der Waals surface area (Å²) in [5, 5.41) is 20.0. The van der Waals surface area contributed by atoms with Crippen molar-refractivity contribution in [2.45, 2.75) is 12.5 Å². The largest absolute Gasteiger partial charge is 0.508 e. The highest BCUT2D eigenvalue weighted by molar-refractivity contribution is 5.85. The number of nitrogens with zero attached hydrogens (tertiary/aromatic N) is 2. The Bertz CT molecular complexity index is 1240. The number of H-pyrrole nitrogens is 1. The van der Waals surface area contributed by atoms with Crippen molar-refractivity contribution < 1.29 is 24.5 Å². The molecule has 0 aliphatic carbocycles. The molecule has 0 saturated carbocycles. The number of hydrogen-bond donors (Lipinski definition) is 3. The van der Waals surface area contributed by atoms with E-state index in [4.69, 9.17) is 9.47 Å². The second-order valence-electron chi connectivity index (χ2n) is 6.72. The monoisotopic (exact) mass is 439 g/mol. The van der Waals surface area contributed by atoms with Crippen LogP contribution in [0.3, 0.4) is 0 Å². The first kappa shape index (κ1) is 22.3. The van der Waals surface area contributed by atoms with E-state index in [9.17, 15) is 24.6 Å². The molecule has 2 aromatic carbocycles. The summed E-state index contributed by atoms with van der Waals surface area (Å²) in [5.41, 5.74) is -1.04. The molecule has 10 nitrogen and oxygen atoms in total. The fourth-order valence-electron chi connectivity index (χ4n) is 2.98. The van der Waals surface area contributed by atoms with Crippen LogP contribution in [0.15, 0.2) is 63.1 Å². The Morgan fingerprint density at radius 3 is 2.34 bits per heavy atom. The predicted molar refractivity (Wildman–Crippen MR) is 116 cm³/mol. The molecule has 0 amide bonds. The minimum absolute atomic E-state index is 0.0733. The van der Waals surface area contributed by atoms with Crippen molar-refractivity contribution >= 4 is 12.2 Å². The molecule has 0 spiro atoms. The fraction of sp³-hybridized carbons (Fsp3) is 0.182. The number of aromatic amines is 1. The second kappa shape index (κ2) is 9.65. The highest BCUT2D eigenvalue weighted by atomic mass is 16.5. The van der Waals surface area contributed by atoms with Gasteiger partial charge in [-0.15, -0.1) is 0 Å². The molecule has 3 aromatic rings. The van der Waals surface area contributed by atoms with Gasteiger partial charge in [0.1, 0.15) is 17.1 Å². The van der Waals surface area contributed by atoms with Crippen LogP contribution < -0.4 is 16.0 Å². The molecule has 0 aliphatic rings. The van der Waals surface area contributed by atoms with E-state index in [1.807, 2.05) is 0 Å². The quantitative estimate of drug-likeness (QED) is 0.370. The van der Waals surface area contributed by atoms with Gasteiger partial charge in [-0.3, -0.25) is 14.8 Å². The van der Waals surface area contributed by atoms with Gasteiger partial charge in [-0.1, -0.05) is 12.1 Å². The third kappa shape index (κ3) is 4.86. The number of carbonyl (C=O) groups is 1. The molecule has 0 aliphatic heterocycles. The number of nitrogens with one attached hydrogen (secondary N) is 1. The number of benzene rings is 2. The van der Waals surface area contributed by atoms with Crippen LogP contribution in [0.5, 0.6) is 17.4 Å². The van der Waals surface area contributed by atoms with Gasteiger partial charge in [0.25, 0.3) is 5.56 Å². The average molecular weight is 439 g/mol. The first-order valence-electron chi connectivity index (χ1n) is 9.45. The number of hydrogen-bond acceptors (Lipinski definition) is 8. The van der Waals surface area contributed by atoms with E-state index in [0.717, 1.165) is 10.8 Å². The van der Waals surface area contributed by atoms with E-state index >= 15 is 0 Å². The van der Waals surface area contributed by atoms with Crippen LogP contribution in [0, 0.1) is 0 Å². The van der Waals surface area contributed by atoms with E-state index in [-0.39, 0.29) is 23.4 Å². The first-order chi connectivity index (χ1) is 15.3. The van der Waals surface area contributed by atoms with Gasteiger partial charge < -0.3 is 19.7 Å². The highest BCUT2D eigenvalue weighted by Crippen LogP contribution is 2.19. The number of aromatic nitrogens is 2. The van der Waals surface area contributed by atoms with Crippen molar-refractivity contribution in [2.75, 3.05) is 14.2 Å². The molecular weight excluding hydrogens is 418 g/mol. The Labute approximate surface area is 182 Å². The Kier molecular flexibility index (Phi) is 6.74. The Morgan fingerprint density at radius 2 is 1.75 bits per heavy atom. The van der Waals surface area contributed by atoms with E-state index in [1.54, 1.807) is 24.3 Å². The molecule has 0 fully saturated rings. The summed E-state index contributed by atoms with van der Waals surface area (Å²) in [6, 6.07) is 11.4. The third-order valence-corrected chi connectivity index (χ3v) is 4.67. The van der Waals surface area contributed by atoms with Gasteiger partial charge in [-0.05, 0) is 42.0 Å². The van der Waals surface area contributed by atoms with Crippen LogP contribution in [0.2, 0.25) is 0 Å². The lowest BCUT2D eigenvalue weighted by Gasteiger charge is -2.12. The maximum absolute atomic E-state index is 12.3. The van der Waals surface area contributed by atoms with E-state index in [1.165, 1.54) is 38.5 Å². The summed E-state index contributed by atoms with van der Waals surface area (Å²) in [6.45, 7) is 0. The second-order valence-corrected chi connectivity index (χ2v) is 6.72. The Morgan fingerprint density at radius 1 is 1.09 bits per heavy atom. The standard InChI is InChI=1S/C22H21N3O7/c1-31-16-9-5-14(6-10-16)25-20(28)17(19(27)24-22(25)30)12-23-18(21(29)32-2)11-13-3-7-15(26)8-4-13/h3-10,12,18,26,28H,11H2,1-2H3,(H,24,27,30)/t18-/m1/s1. The highest BCUT2D eigenvalue weighted by Gasteiger charge is 2.20. The van der Waals surface area contributed by atoms with Crippen LogP contribution in [0.4, 0.5) is 0 Å². The summed E-state index contributed by atoms with van der Waals surface area (Å²) in [6.07, 6.45) is 1.15. The van der Waals surface area contributed by atoms with Gasteiger partial charge in [0.2, 0.25) is 5.88 Å². The Balaban J connectivity index is 1.99. The van der Waals surface area contributed by atoms with Crippen LogP contribution in [0.25, 0.3) is 5.69 Å². The van der Waals surface area contributed by atoms with Crippen molar-refractivity contribution in [3.8, 4) is 23.1 Å². The van der Waals surface area contributed by atoms with Crippen molar-refractivity contribution in [1.29, 1.82) is 0 Å². The molecule has 32 heavy (non-hydrogen) atoms. The van der Waals surface area contributed by atoms with Gasteiger partial charge in [0.15, 0.2) is 6.04 Å². The third-order valence-electron chi connectivity index (χ3n) is 4.67. The number of rotatable bonds is 7. The molecule has 10 heteroatoms. The molecule has 0 radical (unpaired) electrons. The Hall–Kier alpha value is -4.34. The smallest absolute Gasteiger partial charge is 0.335 e. The fourth-order valence-corrected chi connectivity index (χ4v) is 2.98. The van der Waals surface area contributed by atoms with Crippen molar-refractivity contribution in [3.05, 3.63) is 80.5 Å². The number of phenolic OH excluding ortho intramolecular Hbond substituents is 1. The average Bonchev–Trinajstić information content (AvgIpc) is 2.79. The predicted octanol–water partition coefficient (Wildman–Crippen LogP) is 1.15. The van der Waals surface area contributed by atoms with Crippen LogP contribution in [-0.4, -0.2) is 52.2 Å². The lowest BCUT2D eigenvalue weighted by molar-refractivity contribution is -0.142. The summed E-state index contributed by atoms with van der Waals surface area (Å²) in [7, 11) is 2.69. The molecule has 166 valence electrons. The SMILES string of the molecule is COC(=O)[C@@H](Cc1ccc(O)cc1)N=Cc1c(O)n(-c2ccc(OC)cc2)c(=O)[nH]c1=O. The van der Waals surface area contributed by atoms with Gasteiger partial charge in [0.05, 0.1) is 19.9 Å². The molecule has 1 atom stereocenters. The van der Waals surface area contributed by atoms with Crippen molar-refractivity contribution in [2.24, 2.45) is 4.99 Å². The summed E-state index contributed by atoms with van der Waals surface area (Å²) in [5.74, 6) is -0.679. The maximum Gasteiger partial charge on any atom is 0.335 e. The number of aliphatic imine (C=N–C) groups is 1. The number of ether oxygens (including phenoxy) is 2. The zero-order chi connectivity index (χ0) is 23.3. The van der Waals surface area contributed by atoms with E-state index < -0.39 is 29.1 Å². The molecule has 1 heterocycles. The summed E-state index contributed by atoms with van der Waals surface area (Å²) in [4.78, 5) is 43.0. The van der Waals surface area contributed by atoms with Gasteiger partial charge in [-0.2, -0.15) is 0 Å². The van der Waals surface area contributed by atoms with E-state index in [2.05, 4.69) is 9.98 Å². The van der Waals surface area contributed by atoms with E-state index in [0.29, 0.717) is 11.3 Å². The topological polar surface area (TPSA) is 143 Å². The molecule has 0 saturated heterocycles. The zero-order valence-corrected chi connectivity index (χ0v) is 17.3. The van der Waals surface area contributed by atoms with Crippen LogP contribution in [-0.2, 0) is 16.0 Å². The van der Waals surface area contributed by atoms with Crippen molar-refractivity contribution in [1.82, 2.24) is 9.55 Å². The number of esters is 1. The van der Waals surface area contributed by atoms with Gasteiger partial charge >= 0.3 is 11.7 Å². The summed E-state index contributed by atoms with van der Waals surface area (Å²) < 4.78 is 10.7. The molecule has 0 bridgehead atoms. The molecular formula is C22H21N3O7. The minimum Gasteiger partial charge on any atom is -0.508 e. The number of methoxy groups -OCH3 is 2. The molecule has 1 aromatic heterocycles. The maximum atomic E-state index is 12.3. The first-order valence-corrected chi connectivity index (χ1v) is 9.45.